The van der Waals surface area contributed by atoms with Gasteiger partial charge in [0.2, 0.25) is 0 Å². The van der Waals surface area contributed by atoms with Crippen LogP contribution in [0, 0.1) is 5.92 Å². The standard InChI is InChI=1S/C24H24FNO5/c1-2-31-24(30)20(21(27)16-9-4-3-5-10-16)15-17(25)11-8-14-26-22(28)18-12-6-7-13-19(18)23(26)29/h3-7,9-10,12-13,17,20H,2,8,11,14-15H2,1H3. The van der Waals surface area contributed by atoms with Crippen molar-refractivity contribution in [1.29, 1.82) is 0 Å². The summed E-state index contributed by atoms with van der Waals surface area (Å²) in [5.74, 6) is -3.25. The van der Waals surface area contributed by atoms with Crippen LogP contribution in [-0.4, -0.2) is 47.8 Å². The Bertz CT molecular complexity index is 940. The average molecular weight is 425 g/mol. The van der Waals surface area contributed by atoms with Gasteiger partial charge in [-0.3, -0.25) is 24.1 Å². The van der Waals surface area contributed by atoms with Gasteiger partial charge in [0.1, 0.15) is 12.1 Å². The number of esters is 1. The summed E-state index contributed by atoms with van der Waals surface area (Å²) < 4.78 is 19.7. The molecule has 0 fully saturated rings. The van der Waals surface area contributed by atoms with Crippen molar-refractivity contribution in [3.8, 4) is 0 Å². The molecule has 1 heterocycles. The average Bonchev–Trinajstić information content (AvgIpc) is 3.03. The number of ketones is 1. The summed E-state index contributed by atoms with van der Waals surface area (Å²) in [5, 5.41) is 0. The molecule has 1 aliphatic heterocycles. The first-order valence-corrected chi connectivity index (χ1v) is 10.3. The van der Waals surface area contributed by atoms with Crippen LogP contribution in [0.5, 0.6) is 0 Å². The third kappa shape index (κ3) is 5.05. The van der Waals surface area contributed by atoms with Gasteiger partial charge in [0.15, 0.2) is 5.78 Å². The van der Waals surface area contributed by atoms with Crippen LogP contribution >= 0.6 is 0 Å². The number of amides is 2. The zero-order valence-electron chi connectivity index (χ0n) is 17.3. The smallest absolute Gasteiger partial charge is 0.316 e. The van der Waals surface area contributed by atoms with E-state index in [1.54, 1.807) is 61.5 Å². The van der Waals surface area contributed by atoms with Gasteiger partial charge in [-0.2, -0.15) is 0 Å². The van der Waals surface area contributed by atoms with Crippen molar-refractivity contribution in [2.45, 2.75) is 32.4 Å². The van der Waals surface area contributed by atoms with Gasteiger partial charge in [-0.1, -0.05) is 42.5 Å². The Morgan fingerprint density at radius 2 is 1.55 bits per heavy atom. The normalized spacial score (nSPS) is 14.8. The van der Waals surface area contributed by atoms with Crippen LogP contribution in [0.25, 0.3) is 0 Å². The van der Waals surface area contributed by atoms with Crippen LogP contribution in [0.2, 0.25) is 0 Å². The number of hydrogen-bond acceptors (Lipinski definition) is 5. The summed E-state index contributed by atoms with van der Waals surface area (Å²) >= 11 is 0. The van der Waals surface area contributed by atoms with Gasteiger partial charge in [0, 0.05) is 12.1 Å². The van der Waals surface area contributed by atoms with Crippen molar-refractivity contribution >= 4 is 23.6 Å². The highest BCUT2D eigenvalue weighted by atomic mass is 19.1. The zero-order chi connectivity index (χ0) is 22.4. The second-order valence-electron chi connectivity index (χ2n) is 7.32. The molecule has 0 spiro atoms. The zero-order valence-corrected chi connectivity index (χ0v) is 17.3. The lowest BCUT2D eigenvalue weighted by Crippen LogP contribution is -2.32. The Morgan fingerprint density at radius 1 is 0.968 bits per heavy atom. The Hall–Kier alpha value is -3.35. The Kier molecular flexibility index (Phi) is 7.28. The summed E-state index contributed by atoms with van der Waals surface area (Å²) in [6.07, 6.45) is -1.54. The van der Waals surface area contributed by atoms with Crippen molar-refractivity contribution in [1.82, 2.24) is 4.90 Å². The van der Waals surface area contributed by atoms with Crippen LogP contribution in [0.3, 0.4) is 0 Å². The third-order valence-electron chi connectivity index (χ3n) is 5.21. The van der Waals surface area contributed by atoms with Gasteiger partial charge in [-0.25, -0.2) is 4.39 Å². The lowest BCUT2D eigenvalue weighted by molar-refractivity contribution is -0.146. The third-order valence-corrected chi connectivity index (χ3v) is 5.21. The maximum atomic E-state index is 14.7. The predicted octanol–water partition coefficient (Wildman–Crippen LogP) is 3.85. The maximum absolute atomic E-state index is 14.7. The number of alkyl halides is 1. The molecule has 0 saturated heterocycles. The topological polar surface area (TPSA) is 80.8 Å². The molecule has 2 aromatic rings. The minimum Gasteiger partial charge on any atom is -0.465 e. The van der Waals surface area contributed by atoms with E-state index in [1.807, 2.05) is 0 Å². The number of halogens is 1. The van der Waals surface area contributed by atoms with Crippen molar-refractivity contribution in [3.05, 3.63) is 71.3 Å². The van der Waals surface area contributed by atoms with E-state index in [2.05, 4.69) is 0 Å². The fraction of sp³-hybridized carbons (Fsp3) is 0.333. The molecule has 3 rings (SSSR count). The van der Waals surface area contributed by atoms with Gasteiger partial charge in [-0.15, -0.1) is 0 Å². The fourth-order valence-electron chi connectivity index (χ4n) is 3.64. The number of nitrogens with zero attached hydrogens (tertiary/aromatic N) is 1. The molecule has 2 atom stereocenters. The number of rotatable bonds is 10. The molecule has 0 saturated carbocycles. The number of Topliss-reactive ketones (excluding diaryl/α,β-unsaturated/α-hetero) is 1. The van der Waals surface area contributed by atoms with E-state index in [0.29, 0.717) is 16.7 Å². The highest BCUT2D eigenvalue weighted by Crippen LogP contribution is 2.24. The lowest BCUT2D eigenvalue weighted by atomic mass is 9.91. The molecule has 0 radical (unpaired) electrons. The largest absolute Gasteiger partial charge is 0.465 e. The number of carbonyl (C=O) groups excluding carboxylic acids is 4. The van der Waals surface area contributed by atoms with E-state index >= 15 is 0 Å². The highest BCUT2D eigenvalue weighted by molar-refractivity contribution is 6.21. The molecular weight excluding hydrogens is 401 g/mol. The molecule has 0 N–H and O–H groups in total. The van der Waals surface area contributed by atoms with Gasteiger partial charge >= 0.3 is 5.97 Å². The van der Waals surface area contributed by atoms with E-state index in [-0.39, 0.29) is 44.2 Å². The maximum Gasteiger partial charge on any atom is 0.316 e. The summed E-state index contributed by atoms with van der Waals surface area (Å²) in [7, 11) is 0. The SMILES string of the molecule is CCOC(=O)C(CC(F)CCCN1C(=O)c2ccccc2C1=O)C(=O)c1ccccc1. The Labute approximate surface area is 180 Å². The van der Waals surface area contributed by atoms with E-state index in [0.717, 1.165) is 4.90 Å². The second kappa shape index (κ2) is 10.1. The Morgan fingerprint density at radius 3 is 2.13 bits per heavy atom. The Balaban J connectivity index is 1.58. The first-order valence-electron chi connectivity index (χ1n) is 10.3. The molecule has 2 unspecified atom stereocenters. The molecule has 0 aliphatic carbocycles. The van der Waals surface area contributed by atoms with E-state index in [9.17, 15) is 23.6 Å². The summed E-state index contributed by atoms with van der Waals surface area (Å²) in [5.41, 5.74) is 1.01. The fourth-order valence-corrected chi connectivity index (χ4v) is 3.64. The molecule has 2 amide bonds. The van der Waals surface area contributed by atoms with Gasteiger partial charge in [-0.05, 0) is 38.3 Å². The van der Waals surface area contributed by atoms with Gasteiger partial charge < -0.3 is 4.74 Å². The van der Waals surface area contributed by atoms with Gasteiger partial charge in [0.05, 0.1) is 17.7 Å². The van der Waals surface area contributed by atoms with Crippen molar-refractivity contribution in [3.63, 3.8) is 0 Å². The summed E-state index contributed by atoms with van der Waals surface area (Å²) in [6, 6.07) is 14.8. The first kappa shape index (κ1) is 22.3. The number of hydrogen-bond donors (Lipinski definition) is 0. The molecule has 1 aliphatic rings. The van der Waals surface area contributed by atoms with Crippen LogP contribution in [0.15, 0.2) is 54.6 Å². The molecule has 0 bridgehead atoms. The minimum absolute atomic E-state index is 0.00534. The summed E-state index contributed by atoms with van der Waals surface area (Å²) in [4.78, 5) is 50.9. The summed E-state index contributed by atoms with van der Waals surface area (Å²) in [6.45, 7) is 1.79. The van der Waals surface area contributed by atoms with Crippen LogP contribution in [-0.2, 0) is 9.53 Å². The molecule has 0 aromatic heterocycles. The monoisotopic (exact) mass is 425 g/mol. The van der Waals surface area contributed by atoms with Crippen LogP contribution < -0.4 is 0 Å². The predicted molar refractivity (Wildman–Crippen MR) is 111 cm³/mol. The molecule has 7 heteroatoms. The molecule has 162 valence electrons. The lowest BCUT2D eigenvalue weighted by Gasteiger charge is -2.18. The van der Waals surface area contributed by atoms with Crippen molar-refractivity contribution < 1.29 is 28.3 Å². The van der Waals surface area contributed by atoms with Crippen molar-refractivity contribution in [2.75, 3.05) is 13.2 Å². The number of imide groups is 1. The van der Waals surface area contributed by atoms with E-state index in [4.69, 9.17) is 4.74 Å². The quantitative estimate of drug-likeness (QED) is 0.250. The first-order chi connectivity index (χ1) is 14.9. The van der Waals surface area contributed by atoms with Crippen molar-refractivity contribution in [2.24, 2.45) is 5.92 Å². The number of benzene rings is 2. The van der Waals surface area contributed by atoms with Crippen LogP contribution in [0.4, 0.5) is 4.39 Å². The minimum atomic E-state index is -1.46. The van der Waals surface area contributed by atoms with Gasteiger partial charge in [0.25, 0.3) is 11.8 Å². The van der Waals surface area contributed by atoms with Crippen LogP contribution in [0.1, 0.15) is 57.3 Å². The number of fused-ring (bicyclic) bond motifs is 1. The van der Waals surface area contributed by atoms with E-state index < -0.39 is 23.8 Å². The number of carbonyl (C=O) groups is 4. The second-order valence-corrected chi connectivity index (χ2v) is 7.32. The molecule has 2 aromatic carbocycles. The molecule has 6 nitrogen and oxygen atoms in total. The highest BCUT2D eigenvalue weighted by Gasteiger charge is 2.35. The van der Waals surface area contributed by atoms with E-state index in [1.165, 1.54) is 0 Å². The molecule has 31 heavy (non-hydrogen) atoms. The molecular formula is C24H24FNO5. The number of ether oxygens (including phenoxy) is 1.